The van der Waals surface area contributed by atoms with Crippen molar-refractivity contribution < 1.29 is 19.0 Å². The zero-order valence-electron chi connectivity index (χ0n) is 25.0. The van der Waals surface area contributed by atoms with Gasteiger partial charge in [0.1, 0.15) is 24.1 Å². The lowest BCUT2D eigenvalue weighted by molar-refractivity contribution is -0.139. The van der Waals surface area contributed by atoms with Crippen molar-refractivity contribution in [1.82, 2.24) is 4.57 Å². The first-order valence-corrected chi connectivity index (χ1v) is 16.9. The van der Waals surface area contributed by atoms with E-state index in [1.807, 2.05) is 68.5 Å². The summed E-state index contributed by atoms with van der Waals surface area (Å²) in [6, 6.07) is 18.9. The molecule has 1 aliphatic rings. The number of para-hydroxylation sites is 1. The minimum atomic E-state index is -0.758. The summed E-state index contributed by atoms with van der Waals surface area (Å²) in [5.74, 6) is 0.826. The Morgan fingerprint density at radius 1 is 1.14 bits per heavy atom. The number of fused-ring (bicyclic) bond motifs is 1. The molecule has 5 rings (SSSR count). The van der Waals surface area contributed by atoms with Gasteiger partial charge in [-0.1, -0.05) is 59.4 Å². The Morgan fingerprint density at radius 3 is 2.61 bits per heavy atom. The summed E-state index contributed by atoms with van der Waals surface area (Å²) in [7, 11) is 0. The summed E-state index contributed by atoms with van der Waals surface area (Å²) >= 11 is 7.20. The molecule has 4 aromatic rings. The first-order valence-electron chi connectivity index (χ1n) is 14.2. The minimum absolute atomic E-state index is 0.104. The standard InChI is InChI=1S/C34H32BrIN2O5S/c1-6-41-33(40)29-21(5)37-34-38(30(29)24-12-7-8-13-27(24)43-19(2)3)32(39)28(44-34)17-23-15-25(35)31(26(36)16-23)42-18-22-11-9-10-20(4)14-22/h7-17,19,30H,6,18H2,1-5H3/b28-17+/t30-/m1/s1. The highest BCUT2D eigenvalue weighted by molar-refractivity contribution is 14.1. The van der Waals surface area contributed by atoms with Gasteiger partial charge in [-0.2, -0.15) is 0 Å². The topological polar surface area (TPSA) is 79.1 Å². The van der Waals surface area contributed by atoms with Crippen molar-refractivity contribution in [2.24, 2.45) is 4.99 Å². The van der Waals surface area contributed by atoms with Gasteiger partial charge in [0.05, 0.1) is 36.6 Å². The van der Waals surface area contributed by atoms with E-state index >= 15 is 0 Å². The van der Waals surface area contributed by atoms with Crippen molar-refractivity contribution in [3.8, 4) is 11.5 Å². The number of esters is 1. The Balaban J connectivity index is 1.59. The van der Waals surface area contributed by atoms with E-state index in [9.17, 15) is 9.59 Å². The molecule has 1 aliphatic heterocycles. The van der Waals surface area contributed by atoms with E-state index in [-0.39, 0.29) is 18.3 Å². The molecule has 1 aromatic heterocycles. The van der Waals surface area contributed by atoms with Crippen LogP contribution in [0.15, 0.2) is 86.2 Å². The van der Waals surface area contributed by atoms with E-state index in [0.29, 0.717) is 38.5 Å². The number of ether oxygens (including phenoxy) is 3. The third-order valence-electron chi connectivity index (χ3n) is 6.88. The molecule has 0 radical (unpaired) electrons. The number of rotatable bonds is 9. The number of thiazole rings is 1. The molecule has 0 spiro atoms. The van der Waals surface area contributed by atoms with Crippen molar-refractivity contribution in [2.45, 2.75) is 53.4 Å². The number of aryl methyl sites for hydroxylation is 1. The number of halogens is 2. The fraction of sp³-hybridized carbons (Fsp3) is 0.265. The number of aromatic nitrogens is 1. The van der Waals surface area contributed by atoms with Gasteiger partial charge >= 0.3 is 5.97 Å². The highest BCUT2D eigenvalue weighted by atomic mass is 127. The predicted molar refractivity (Wildman–Crippen MR) is 185 cm³/mol. The minimum Gasteiger partial charge on any atom is -0.491 e. The summed E-state index contributed by atoms with van der Waals surface area (Å²) in [5.41, 5.74) is 4.36. The van der Waals surface area contributed by atoms with Crippen LogP contribution in [0, 0.1) is 10.5 Å². The fourth-order valence-corrected chi connectivity index (χ4v) is 7.88. The number of hydrogen-bond acceptors (Lipinski definition) is 7. The van der Waals surface area contributed by atoms with Crippen LogP contribution in [0.5, 0.6) is 11.5 Å². The van der Waals surface area contributed by atoms with Crippen molar-refractivity contribution in [2.75, 3.05) is 6.61 Å². The smallest absolute Gasteiger partial charge is 0.338 e. The number of carbonyl (C=O) groups excluding carboxylic acids is 1. The molecule has 0 fully saturated rings. The quantitative estimate of drug-likeness (QED) is 0.137. The maximum Gasteiger partial charge on any atom is 0.338 e. The molecule has 1 atom stereocenters. The molecule has 0 saturated heterocycles. The van der Waals surface area contributed by atoms with Crippen LogP contribution >= 0.6 is 49.9 Å². The Morgan fingerprint density at radius 2 is 1.91 bits per heavy atom. The van der Waals surface area contributed by atoms with Crippen molar-refractivity contribution >= 4 is 61.9 Å². The van der Waals surface area contributed by atoms with E-state index in [1.165, 1.54) is 16.9 Å². The van der Waals surface area contributed by atoms with Crippen LogP contribution in [-0.4, -0.2) is 23.2 Å². The number of hydrogen-bond donors (Lipinski definition) is 0. The van der Waals surface area contributed by atoms with Gasteiger partial charge in [0, 0.05) is 5.56 Å². The molecule has 228 valence electrons. The van der Waals surface area contributed by atoms with Crippen molar-refractivity contribution in [1.29, 1.82) is 0 Å². The Hall–Kier alpha value is -3.22. The molecule has 10 heteroatoms. The zero-order valence-corrected chi connectivity index (χ0v) is 29.6. The zero-order chi connectivity index (χ0) is 31.5. The van der Waals surface area contributed by atoms with Crippen LogP contribution in [0.25, 0.3) is 6.08 Å². The van der Waals surface area contributed by atoms with Gasteiger partial charge in [0.2, 0.25) is 0 Å². The summed E-state index contributed by atoms with van der Waals surface area (Å²) in [6.07, 6.45) is 1.74. The lowest BCUT2D eigenvalue weighted by Crippen LogP contribution is -2.40. The molecule has 0 unspecified atom stereocenters. The SMILES string of the molecule is CCOC(=O)C1=C(C)N=c2s/c(=C/c3cc(Br)c(OCc4cccc(C)c4)c(I)c3)c(=O)n2[C@@H]1c1ccccc1OC(C)C. The van der Waals surface area contributed by atoms with E-state index < -0.39 is 12.0 Å². The van der Waals surface area contributed by atoms with Gasteiger partial charge in [-0.25, -0.2) is 9.79 Å². The first-order chi connectivity index (χ1) is 21.1. The molecule has 0 saturated carbocycles. The third-order valence-corrected chi connectivity index (χ3v) is 9.25. The molecule has 2 heterocycles. The Bertz CT molecular complexity index is 1920. The number of nitrogens with zero attached hydrogens (tertiary/aromatic N) is 2. The lowest BCUT2D eigenvalue weighted by Gasteiger charge is -2.26. The maximum absolute atomic E-state index is 14.1. The summed E-state index contributed by atoms with van der Waals surface area (Å²) in [5, 5.41) is 0. The van der Waals surface area contributed by atoms with Crippen LogP contribution in [0.2, 0.25) is 0 Å². The first kappa shape index (κ1) is 32.2. The van der Waals surface area contributed by atoms with Crippen LogP contribution < -0.4 is 24.4 Å². The summed E-state index contributed by atoms with van der Waals surface area (Å²) < 4.78 is 21.5. The number of benzene rings is 3. The number of carbonyl (C=O) groups is 1. The number of allylic oxidation sites excluding steroid dienone is 1. The van der Waals surface area contributed by atoms with Crippen LogP contribution in [0.3, 0.4) is 0 Å². The largest absolute Gasteiger partial charge is 0.491 e. The van der Waals surface area contributed by atoms with Gasteiger partial charge in [0.25, 0.3) is 5.56 Å². The lowest BCUT2D eigenvalue weighted by atomic mass is 9.95. The second-order valence-electron chi connectivity index (χ2n) is 10.6. The summed E-state index contributed by atoms with van der Waals surface area (Å²) in [4.78, 5) is 32.6. The van der Waals surface area contributed by atoms with E-state index in [4.69, 9.17) is 19.2 Å². The molecule has 0 N–H and O–H groups in total. The van der Waals surface area contributed by atoms with Crippen LogP contribution in [0.1, 0.15) is 56.0 Å². The van der Waals surface area contributed by atoms with E-state index in [0.717, 1.165) is 24.9 Å². The highest BCUT2D eigenvalue weighted by Gasteiger charge is 2.35. The second kappa shape index (κ2) is 13.8. The Kier molecular flexibility index (Phi) is 10.1. The molecule has 0 bridgehead atoms. The predicted octanol–water partition coefficient (Wildman–Crippen LogP) is 6.84. The van der Waals surface area contributed by atoms with Gasteiger partial charge in [-0.15, -0.1) is 0 Å². The van der Waals surface area contributed by atoms with Crippen molar-refractivity contribution in [3.05, 3.63) is 122 Å². The fourth-order valence-electron chi connectivity index (χ4n) is 5.06. The van der Waals surface area contributed by atoms with Gasteiger partial charge in [-0.05, 0) is 109 Å². The van der Waals surface area contributed by atoms with Gasteiger partial charge < -0.3 is 14.2 Å². The average molecular weight is 788 g/mol. The second-order valence-corrected chi connectivity index (χ2v) is 13.6. The molecule has 7 nitrogen and oxygen atoms in total. The maximum atomic E-state index is 14.1. The molecule has 3 aromatic carbocycles. The highest BCUT2D eigenvalue weighted by Crippen LogP contribution is 2.36. The van der Waals surface area contributed by atoms with E-state index in [1.54, 1.807) is 18.4 Å². The monoisotopic (exact) mass is 786 g/mol. The molecular weight excluding hydrogens is 755 g/mol. The molecule has 0 aliphatic carbocycles. The molecular formula is C34H32BrIN2O5S. The molecule has 44 heavy (non-hydrogen) atoms. The van der Waals surface area contributed by atoms with Gasteiger partial charge in [0.15, 0.2) is 4.80 Å². The van der Waals surface area contributed by atoms with Crippen LogP contribution in [-0.2, 0) is 16.1 Å². The average Bonchev–Trinajstić information content (AvgIpc) is 3.26. The van der Waals surface area contributed by atoms with Gasteiger partial charge in [-0.3, -0.25) is 9.36 Å². The molecule has 0 amide bonds. The van der Waals surface area contributed by atoms with Crippen molar-refractivity contribution in [3.63, 3.8) is 0 Å². The normalized spacial score (nSPS) is 14.8. The summed E-state index contributed by atoms with van der Waals surface area (Å²) in [6.45, 7) is 10.1. The third kappa shape index (κ3) is 6.87. The van der Waals surface area contributed by atoms with E-state index in [2.05, 4.69) is 57.6 Å². The Labute approximate surface area is 282 Å². The van der Waals surface area contributed by atoms with Crippen LogP contribution in [0.4, 0.5) is 0 Å².